The first kappa shape index (κ1) is 17.7. The van der Waals surface area contributed by atoms with Gasteiger partial charge in [-0.2, -0.15) is 0 Å². The van der Waals surface area contributed by atoms with Crippen LogP contribution in [0.4, 0.5) is 0 Å². The molecule has 0 spiro atoms. The Hall–Kier alpha value is -0.660. The van der Waals surface area contributed by atoms with Crippen LogP contribution in [0.3, 0.4) is 0 Å². The molecule has 0 radical (unpaired) electrons. The minimum atomic E-state index is -3.20. The molecule has 0 aliphatic carbocycles. The molecule has 2 heterocycles. The molecule has 0 unspecified atom stereocenters. The highest BCUT2D eigenvalue weighted by atomic mass is 32.2. The molecular formula is C15H29N3O3S. The zero-order valence-corrected chi connectivity index (χ0v) is 15.0. The van der Waals surface area contributed by atoms with Gasteiger partial charge in [-0.3, -0.25) is 4.79 Å². The summed E-state index contributed by atoms with van der Waals surface area (Å²) in [5.41, 5.74) is 0. The highest BCUT2D eigenvalue weighted by Gasteiger charge is 2.39. The fraction of sp³-hybridized carbons (Fsp3) is 0.933. The Morgan fingerprint density at radius 1 is 1.23 bits per heavy atom. The third-order valence-electron chi connectivity index (χ3n) is 5.11. The predicted molar refractivity (Wildman–Crippen MR) is 87.0 cm³/mol. The summed E-state index contributed by atoms with van der Waals surface area (Å²) >= 11 is 0. The van der Waals surface area contributed by atoms with Crippen molar-refractivity contribution in [1.82, 2.24) is 14.1 Å². The summed E-state index contributed by atoms with van der Waals surface area (Å²) in [5, 5.41) is 0. The molecular weight excluding hydrogens is 302 g/mol. The lowest BCUT2D eigenvalue weighted by Crippen LogP contribution is -2.46. The minimum absolute atomic E-state index is 0.135. The first-order valence-electron chi connectivity index (χ1n) is 8.14. The summed E-state index contributed by atoms with van der Waals surface area (Å²) in [7, 11) is 0.924. The van der Waals surface area contributed by atoms with E-state index in [1.165, 1.54) is 10.6 Å². The van der Waals surface area contributed by atoms with Gasteiger partial charge in [0.25, 0.3) is 0 Å². The van der Waals surface area contributed by atoms with Crippen molar-refractivity contribution in [2.45, 2.75) is 32.2 Å². The average molecular weight is 331 g/mol. The molecule has 0 aromatic heterocycles. The maximum atomic E-state index is 12.8. The van der Waals surface area contributed by atoms with Crippen LogP contribution in [-0.2, 0) is 14.8 Å². The quantitative estimate of drug-likeness (QED) is 0.751. The van der Waals surface area contributed by atoms with E-state index in [-0.39, 0.29) is 11.8 Å². The lowest BCUT2D eigenvalue weighted by Gasteiger charge is -2.32. The van der Waals surface area contributed by atoms with Gasteiger partial charge in [0.2, 0.25) is 15.9 Å². The van der Waals surface area contributed by atoms with E-state index in [0.717, 1.165) is 32.4 Å². The van der Waals surface area contributed by atoms with Gasteiger partial charge in [-0.15, -0.1) is 0 Å². The van der Waals surface area contributed by atoms with Crippen molar-refractivity contribution < 1.29 is 13.2 Å². The first-order valence-corrected chi connectivity index (χ1v) is 9.99. The number of carbonyl (C=O) groups excluding carboxylic acids is 1. The zero-order valence-electron chi connectivity index (χ0n) is 14.2. The number of carbonyl (C=O) groups is 1. The van der Waals surface area contributed by atoms with E-state index in [2.05, 4.69) is 25.9 Å². The summed E-state index contributed by atoms with van der Waals surface area (Å²) in [5.74, 6) is 0.464. The monoisotopic (exact) mass is 331 g/mol. The van der Waals surface area contributed by atoms with E-state index >= 15 is 0 Å². The van der Waals surface area contributed by atoms with E-state index in [1.807, 2.05) is 4.90 Å². The van der Waals surface area contributed by atoms with Crippen LogP contribution < -0.4 is 0 Å². The van der Waals surface area contributed by atoms with Crippen LogP contribution in [-0.4, -0.2) is 81.0 Å². The second-order valence-electron chi connectivity index (χ2n) is 6.90. The largest absolute Gasteiger partial charge is 0.340 e. The number of hydrogen-bond acceptors (Lipinski definition) is 4. The summed E-state index contributed by atoms with van der Waals surface area (Å²) in [6, 6.07) is 0.406. The third-order valence-corrected chi connectivity index (χ3v) is 6.38. The molecule has 2 fully saturated rings. The molecule has 2 saturated heterocycles. The average Bonchev–Trinajstić information content (AvgIpc) is 2.90. The number of hydrogen-bond donors (Lipinski definition) is 0. The molecule has 2 rings (SSSR count). The van der Waals surface area contributed by atoms with E-state index < -0.39 is 10.0 Å². The molecule has 6 nitrogen and oxygen atoms in total. The van der Waals surface area contributed by atoms with Gasteiger partial charge < -0.3 is 9.80 Å². The molecule has 128 valence electrons. The standard InChI is InChI=1S/C15H29N3O3S/c1-5-12-9-17(11-14(12)16(2)3)15(19)13-7-6-8-18(10-13)22(4,20)21/h12-14H,5-11H2,1-4H3/t12-,13+,14-/m1/s1. The number of rotatable bonds is 4. The van der Waals surface area contributed by atoms with Crippen LogP contribution >= 0.6 is 0 Å². The Bertz CT molecular complexity index is 506. The number of sulfonamides is 1. The lowest BCUT2D eigenvalue weighted by molar-refractivity contribution is -0.135. The van der Waals surface area contributed by atoms with E-state index in [1.54, 1.807) is 0 Å². The van der Waals surface area contributed by atoms with E-state index in [9.17, 15) is 13.2 Å². The normalized spacial score (nSPS) is 31.0. The molecule has 2 aliphatic heterocycles. The van der Waals surface area contributed by atoms with Crippen LogP contribution in [0.25, 0.3) is 0 Å². The van der Waals surface area contributed by atoms with Gasteiger partial charge in [0.1, 0.15) is 0 Å². The summed E-state index contributed by atoms with van der Waals surface area (Å²) in [4.78, 5) is 16.9. The summed E-state index contributed by atoms with van der Waals surface area (Å²) in [6.45, 7) is 4.62. The lowest BCUT2D eigenvalue weighted by atomic mass is 9.98. The zero-order chi connectivity index (χ0) is 16.5. The topological polar surface area (TPSA) is 60.9 Å². The van der Waals surface area contributed by atoms with Crippen molar-refractivity contribution in [2.75, 3.05) is 46.5 Å². The van der Waals surface area contributed by atoms with Crippen molar-refractivity contribution in [3.8, 4) is 0 Å². The number of amides is 1. The van der Waals surface area contributed by atoms with Crippen LogP contribution in [0.15, 0.2) is 0 Å². The Labute approximate surface area is 134 Å². The summed E-state index contributed by atoms with van der Waals surface area (Å²) in [6.07, 6.45) is 3.86. The van der Waals surface area contributed by atoms with Gasteiger partial charge >= 0.3 is 0 Å². The smallest absolute Gasteiger partial charge is 0.227 e. The van der Waals surface area contributed by atoms with Crippen LogP contribution in [0, 0.1) is 11.8 Å². The van der Waals surface area contributed by atoms with Gasteiger partial charge in [-0.05, 0) is 32.9 Å². The van der Waals surface area contributed by atoms with Crippen molar-refractivity contribution in [2.24, 2.45) is 11.8 Å². The Morgan fingerprint density at radius 3 is 2.41 bits per heavy atom. The fourth-order valence-corrected chi connectivity index (χ4v) is 4.64. The van der Waals surface area contributed by atoms with Crippen LogP contribution in [0.2, 0.25) is 0 Å². The molecule has 0 saturated carbocycles. The highest BCUT2D eigenvalue weighted by molar-refractivity contribution is 7.88. The summed E-state index contributed by atoms with van der Waals surface area (Å²) < 4.78 is 24.9. The SMILES string of the molecule is CC[C@@H]1CN(C(=O)[C@H]2CCCN(S(C)(=O)=O)C2)C[C@H]1N(C)C. The maximum Gasteiger partial charge on any atom is 0.227 e. The molecule has 0 aromatic rings. The molecule has 0 N–H and O–H groups in total. The van der Waals surface area contributed by atoms with Gasteiger partial charge in [0.05, 0.1) is 12.2 Å². The second-order valence-corrected chi connectivity index (χ2v) is 8.89. The van der Waals surface area contributed by atoms with E-state index in [4.69, 9.17) is 0 Å². The first-order chi connectivity index (χ1) is 10.2. The number of piperidine rings is 1. The van der Waals surface area contributed by atoms with Gasteiger partial charge in [0, 0.05) is 32.2 Å². The molecule has 1 amide bonds. The molecule has 0 aromatic carbocycles. The van der Waals surface area contributed by atoms with Crippen molar-refractivity contribution in [1.29, 1.82) is 0 Å². The molecule has 22 heavy (non-hydrogen) atoms. The van der Waals surface area contributed by atoms with Crippen LogP contribution in [0.5, 0.6) is 0 Å². The molecule has 7 heteroatoms. The fourth-order valence-electron chi connectivity index (χ4n) is 3.72. The Kier molecular flexibility index (Phi) is 5.50. The number of nitrogens with zero attached hydrogens (tertiary/aromatic N) is 3. The predicted octanol–water partition coefficient (Wildman–Crippen LogP) is 0.457. The van der Waals surface area contributed by atoms with Crippen molar-refractivity contribution >= 4 is 15.9 Å². The van der Waals surface area contributed by atoms with E-state index in [0.29, 0.717) is 25.0 Å². The molecule has 3 atom stereocenters. The van der Waals surface area contributed by atoms with Gasteiger partial charge in [-0.25, -0.2) is 12.7 Å². The Morgan fingerprint density at radius 2 is 1.91 bits per heavy atom. The number of likely N-dealkylation sites (N-methyl/N-ethyl adjacent to an activating group) is 1. The second kappa shape index (κ2) is 6.84. The van der Waals surface area contributed by atoms with Gasteiger partial charge in [0.15, 0.2) is 0 Å². The molecule has 0 bridgehead atoms. The highest BCUT2D eigenvalue weighted by Crippen LogP contribution is 2.27. The van der Waals surface area contributed by atoms with Crippen LogP contribution in [0.1, 0.15) is 26.2 Å². The maximum absolute atomic E-state index is 12.8. The van der Waals surface area contributed by atoms with Crippen molar-refractivity contribution in [3.63, 3.8) is 0 Å². The minimum Gasteiger partial charge on any atom is -0.340 e. The third kappa shape index (κ3) is 3.81. The van der Waals surface area contributed by atoms with Crippen molar-refractivity contribution in [3.05, 3.63) is 0 Å². The van der Waals surface area contributed by atoms with Gasteiger partial charge in [-0.1, -0.05) is 13.3 Å². The number of likely N-dealkylation sites (tertiary alicyclic amines) is 1. The Balaban J connectivity index is 2.03. The molecule has 2 aliphatic rings.